The smallest absolute Gasteiger partial charge is 0.336 e. The van der Waals surface area contributed by atoms with Crippen LogP contribution in [0.25, 0.3) is 17.0 Å². The van der Waals surface area contributed by atoms with Gasteiger partial charge in [0.05, 0.1) is 7.11 Å². The van der Waals surface area contributed by atoms with Crippen LogP contribution < -0.4 is 15.1 Å². The second-order valence-electron chi connectivity index (χ2n) is 6.03. The van der Waals surface area contributed by atoms with E-state index < -0.39 is 11.6 Å². The van der Waals surface area contributed by atoms with Gasteiger partial charge < -0.3 is 18.6 Å². The first kappa shape index (κ1) is 21.1. The molecule has 3 aromatic rings. The van der Waals surface area contributed by atoms with Gasteiger partial charge in [-0.25, -0.2) is 9.59 Å². The maximum Gasteiger partial charge on any atom is 0.336 e. The molecule has 1 aromatic heterocycles. The molecule has 1 heterocycles. The largest absolute Gasteiger partial charge is 0.493 e. The molecule has 30 heavy (non-hydrogen) atoms. The predicted molar refractivity (Wildman–Crippen MR) is 113 cm³/mol. The van der Waals surface area contributed by atoms with E-state index in [1.807, 2.05) is 12.1 Å². The van der Waals surface area contributed by atoms with Crippen molar-refractivity contribution in [1.82, 2.24) is 0 Å². The molecule has 152 valence electrons. The summed E-state index contributed by atoms with van der Waals surface area (Å²) in [5.41, 5.74) is 1.12. The second kappa shape index (κ2) is 9.76. The number of benzene rings is 2. The summed E-state index contributed by atoms with van der Waals surface area (Å²) >= 11 is 3.33. The van der Waals surface area contributed by atoms with E-state index in [0.717, 1.165) is 4.47 Å². The van der Waals surface area contributed by atoms with Crippen molar-refractivity contribution in [2.45, 2.75) is 6.61 Å². The van der Waals surface area contributed by atoms with Gasteiger partial charge >= 0.3 is 11.6 Å². The lowest BCUT2D eigenvalue weighted by molar-refractivity contribution is -0.138. The molecule has 0 radical (unpaired) electrons. The van der Waals surface area contributed by atoms with E-state index in [9.17, 15) is 9.59 Å². The molecule has 0 aliphatic rings. The van der Waals surface area contributed by atoms with E-state index in [4.69, 9.17) is 23.9 Å². The first-order chi connectivity index (χ1) is 14.5. The zero-order valence-electron chi connectivity index (χ0n) is 15.9. The van der Waals surface area contributed by atoms with Gasteiger partial charge in [0, 0.05) is 27.6 Å². The van der Waals surface area contributed by atoms with Crippen LogP contribution in [0.1, 0.15) is 11.1 Å². The van der Waals surface area contributed by atoms with Crippen LogP contribution in [0.2, 0.25) is 0 Å². The van der Waals surface area contributed by atoms with Crippen molar-refractivity contribution in [1.29, 1.82) is 5.26 Å². The summed E-state index contributed by atoms with van der Waals surface area (Å²) in [6, 6.07) is 13.5. The third-order valence-electron chi connectivity index (χ3n) is 4.05. The second-order valence-corrected chi connectivity index (χ2v) is 6.94. The molecule has 7 nitrogen and oxygen atoms in total. The van der Waals surface area contributed by atoms with Crippen molar-refractivity contribution >= 4 is 38.9 Å². The molecule has 2 aromatic carbocycles. The fourth-order valence-corrected chi connectivity index (χ4v) is 3.04. The number of methoxy groups -OCH3 is 1. The molecule has 0 bridgehead atoms. The molecular formula is C22H16BrNO6. The van der Waals surface area contributed by atoms with E-state index in [-0.39, 0.29) is 13.2 Å². The SMILES string of the molecule is COc1cc(C=CC(=O)OCc2cc(=O)oc3cc(Br)ccc23)ccc1OCC#N. The average molecular weight is 470 g/mol. The zero-order chi connectivity index (χ0) is 21.5. The molecule has 0 atom stereocenters. The van der Waals surface area contributed by atoms with Crippen LogP contribution in [0, 0.1) is 11.3 Å². The van der Waals surface area contributed by atoms with E-state index in [1.54, 1.807) is 36.4 Å². The minimum absolute atomic E-state index is 0.0723. The summed E-state index contributed by atoms with van der Waals surface area (Å²) < 4.78 is 21.7. The molecule has 0 N–H and O–H groups in total. The van der Waals surface area contributed by atoms with Gasteiger partial charge in [-0.1, -0.05) is 22.0 Å². The van der Waals surface area contributed by atoms with Crippen LogP contribution in [0.15, 0.2) is 62.2 Å². The van der Waals surface area contributed by atoms with E-state index in [0.29, 0.717) is 33.6 Å². The van der Waals surface area contributed by atoms with Crippen LogP contribution in [0.5, 0.6) is 11.5 Å². The minimum Gasteiger partial charge on any atom is -0.493 e. The van der Waals surface area contributed by atoms with Gasteiger partial charge in [0.2, 0.25) is 0 Å². The summed E-state index contributed by atoms with van der Waals surface area (Å²) in [5.74, 6) is 0.298. The number of ether oxygens (including phenoxy) is 3. The van der Waals surface area contributed by atoms with Crippen molar-refractivity contribution in [3.8, 4) is 17.6 Å². The molecular weight excluding hydrogens is 454 g/mol. The van der Waals surface area contributed by atoms with Crippen molar-refractivity contribution in [2.75, 3.05) is 13.7 Å². The number of esters is 1. The first-order valence-corrected chi connectivity index (χ1v) is 9.54. The molecule has 0 unspecified atom stereocenters. The number of nitrogens with zero attached hydrogens (tertiary/aromatic N) is 1. The normalized spacial score (nSPS) is 10.7. The van der Waals surface area contributed by atoms with Gasteiger partial charge in [0.1, 0.15) is 18.3 Å². The Hall–Kier alpha value is -3.57. The summed E-state index contributed by atoms with van der Waals surface area (Å²) in [4.78, 5) is 23.9. The quantitative estimate of drug-likeness (QED) is 0.290. The lowest BCUT2D eigenvalue weighted by Crippen LogP contribution is -2.05. The minimum atomic E-state index is -0.572. The summed E-state index contributed by atoms with van der Waals surface area (Å²) in [6.45, 7) is -0.168. The third kappa shape index (κ3) is 5.27. The number of hydrogen-bond donors (Lipinski definition) is 0. The highest BCUT2D eigenvalue weighted by molar-refractivity contribution is 9.10. The highest BCUT2D eigenvalue weighted by atomic mass is 79.9. The molecule has 8 heteroatoms. The van der Waals surface area contributed by atoms with Gasteiger partial charge in [-0.3, -0.25) is 0 Å². The highest BCUT2D eigenvalue weighted by Gasteiger charge is 2.09. The van der Waals surface area contributed by atoms with Gasteiger partial charge in [0.25, 0.3) is 0 Å². The van der Waals surface area contributed by atoms with Crippen molar-refractivity contribution < 1.29 is 23.4 Å². The Labute approximate surface area is 180 Å². The van der Waals surface area contributed by atoms with Crippen molar-refractivity contribution in [3.05, 3.63) is 74.6 Å². The van der Waals surface area contributed by atoms with Gasteiger partial charge in [-0.15, -0.1) is 0 Å². The maximum absolute atomic E-state index is 12.1. The molecule has 0 saturated heterocycles. The van der Waals surface area contributed by atoms with Crippen molar-refractivity contribution in [3.63, 3.8) is 0 Å². The molecule has 3 rings (SSSR count). The summed E-state index contributed by atoms with van der Waals surface area (Å²) in [5, 5.41) is 9.29. The van der Waals surface area contributed by atoms with Gasteiger partial charge in [-0.2, -0.15) is 5.26 Å². The van der Waals surface area contributed by atoms with E-state index in [2.05, 4.69) is 15.9 Å². The Morgan fingerprint density at radius 2 is 2.03 bits per heavy atom. The Kier molecular flexibility index (Phi) is 6.88. The zero-order valence-corrected chi connectivity index (χ0v) is 17.5. The van der Waals surface area contributed by atoms with Gasteiger partial charge in [0.15, 0.2) is 18.1 Å². The summed E-state index contributed by atoms with van der Waals surface area (Å²) in [6.07, 6.45) is 2.84. The number of carbonyl (C=O) groups is 1. The lowest BCUT2D eigenvalue weighted by Gasteiger charge is -2.09. The Balaban J connectivity index is 1.69. The molecule has 0 fully saturated rings. The van der Waals surface area contributed by atoms with Gasteiger partial charge in [-0.05, 0) is 42.0 Å². The van der Waals surface area contributed by atoms with Crippen LogP contribution in [-0.2, 0) is 16.1 Å². The first-order valence-electron chi connectivity index (χ1n) is 8.75. The fraction of sp³-hybridized carbons (Fsp3) is 0.136. The van der Waals surface area contributed by atoms with Crippen molar-refractivity contribution in [2.24, 2.45) is 0 Å². The standard InChI is InChI=1S/C22H16BrNO6/c1-27-20-10-14(2-6-18(20)28-9-8-24)3-7-21(25)29-13-15-11-22(26)30-19-12-16(23)4-5-17(15)19/h2-7,10-12H,9,13H2,1H3. The lowest BCUT2D eigenvalue weighted by atomic mass is 10.1. The number of hydrogen-bond acceptors (Lipinski definition) is 7. The van der Waals surface area contributed by atoms with Crippen LogP contribution in [0.4, 0.5) is 0 Å². The highest BCUT2D eigenvalue weighted by Crippen LogP contribution is 2.28. The number of nitriles is 1. The van der Waals surface area contributed by atoms with E-state index >= 15 is 0 Å². The van der Waals surface area contributed by atoms with Crippen LogP contribution in [-0.4, -0.2) is 19.7 Å². The number of fused-ring (bicyclic) bond motifs is 1. The molecule has 0 aliphatic heterocycles. The number of carbonyl (C=O) groups excluding carboxylic acids is 1. The molecule has 0 spiro atoms. The van der Waals surface area contributed by atoms with Crippen LogP contribution in [0.3, 0.4) is 0 Å². The molecule has 0 aliphatic carbocycles. The Morgan fingerprint density at radius 1 is 1.20 bits per heavy atom. The Bertz CT molecular complexity index is 1210. The maximum atomic E-state index is 12.1. The van der Waals surface area contributed by atoms with E-state index in [1.165, 1.54) is 19.3 Å². The van der Waals surface area contributed by atoms with Crippen LogP contribution >= 0.6 is 15.9 Å². The fourth-order valence-electron chi connectivity index (χ4n) is 2.70. The monoisotopic (exact) mass is 469 g/mol. The number of halogens is 1. The average Bonchev–Trinajstić information content (AvgIpc) is 2.74. The number of rotatable bonds is 7. The molecule has 0 amide bonds. The topological polar surface area (TPSA) is 98.8 Å². The third-order valence-corrected chi connectivity index (χ3v) is 4.55. The summed E-state index contributed by atoms with van der Waals surface area (Å²) in [7, 11) is 1.48. The predicted octanol–water partition coefficient (Wildman–Crippen LogP) is 4.22. The Morgan fingerprint density at radius 3 is 2.80 bits per heavy atom. The molecule has 0 saturated carbocycles.